The molecule has 0 spiro atoms. The number of nitrogens with one attached hydrogen (secondary N) is 1. The number of pyridine rings is 1. The molecule has 0 aliphatic heterocycles. The molecule has 9 heteroatoms. The number of rotatable bonds is 4. The molecule has 0 aliphatic rings. The Labute approximate surface area is 132 Å². The van der Waals surface area contributed by atoms with Crippen LogP contribution >= 0.6 is 15.9 Å². The van der Waals surface area contributed by atoms with Crippen LogP contribution in [0.3, 0.4) is 0 Å². The van der Waals surface area contributed by atoms with Crippen LogP contribution in [0.15, 0.2) is 46.2 Å². The van der Waals surface area contributed by atoms with Crippen molar-refractivity contribution < 1.29 is 14.8 Å². The number of nitro groups is 1. The van der Waals surface area contributed by atoms with Gasteiger partial charge in [-0.3, -0.25) is 19.9 Å². The van der Waals surface area contributed by atoms with E-state index in [1.54, 1.807) is 0 Å². The molecule has 0 atom stereocenters. The molecule has 1 heterocycles. The Morgan fingerprint density at radius 1 is 1.41 bits per heavy atom. The van der Waals surface area contributed by atoms with Crippen LogP contribution in [0.5, 0.6) is 5.75 Å². The third-order valence-electron chi connectivity index (χ3n) is 2.60. The third kappa shape index (κ3) is 3.64. The molecule has 0 fully saturated rings. The lowest BCUT2D eigenvalue weighted by Gasteiger charge is -2.02. The molecular formula is C13H9BrN4O4. The van der Waals surface area contributed by atoms with E-state index in [2.05, 4.69) is 31.4 Å². The number of aromatic nitrogens is 1. The van der Waals surface area contributed by atoms with Crippen molar-refractivity contribution in [1.29, 1.82) is 0 Å². The lowest BCUT2D eigenvalue weighted by Crippen LogP contribution is -2.17. The Balaban J connectivity index is 2.17. The normalized spacial score (nSPS) is 10.6. The van der Waals surface area contributed by atoms with Crippen LogP contribution in [-0.4, -0.2) is 27.1 Å². The lowest BCUT2D eigenvalue weighted by atomic mass is 10.2. The number of hydrogen-bond acceptors (Lipinski definition) is 6. The number of nitro benzene ring substituents is 1. The van der Waals surface area contributed by atoms with Crippen LogP contribution in [0.1, 0.15) is 15.9 Å². The maximum atomic E-state index is 11.7. The van der Waals surface area contributed by atoms with Crippen molar-refractivity contribution in [3.05, 3.63) is 62.4 Å². The summed E-state index contributed by atoms with van der Waals surface area (Å²) in [5, 5.41) is 24.2. The number of aromatic hydroxyl groups is 1. The maximum absolute atomic E-state index is 11.7. The number of non-ortho nitro benzene ring substituents is 1. The number of hydrogen-bond donors (Lipinski definition) is 2. The van der Waals surface area contributed by atoms with Crippen LogP contribution < -0.4 is 5.43 Å². The van der Waals surface area contributed by atoms with Gasteiger partial charge in [0.2, 0.25) is 0 Å². The molecule has 1 amide bonds. The first-order chi connectivity index (χ1) is 10.5. The molecule has 0 bridgehead atoms. The fraction of sp³-hybridized carbons (Fsp3) is 0. The predicted molar refractivity (Wildman–Crippen MR) is 81.8 cm³/mol. The van der Waals surface area contributed by atoms with Crippen molar-refractivity contribution >= 4 is 33.7 Å². The van der Waals surface area contributed by atoms with E-state index in [0.29, 0.717) is 5.56 Å². The highest BCUT2D eigenvalue weighted by Crippen LogP contribution is 2.31. The monoisotopic (exact) mass is 364 g/mol. The van der Waals surface area contributed by atoms with Crippen LogP contribution in [-0.2, 0) is 0 Å². The minimum absolute atomic E-state index is 0.0936. The molecule has 0 radical (unpaired) electrons. The first-order valence-electron chi connectivity index (χ1n) is 5.89. The second-order valence-corrected chi connectivity index (χ2v) is 4.91. The van der Waals surface area contributed by atoms with Crippen molar-refractivity contribution in [2.75, 3.05) is 0 Å². The molecular weight excluding hydrogens is 356 g/mol. The fourth-order valence-electron chi connectivity index (χ4n) is 1.54. The van der Waals surface area contributed by atoms with E-state index in [9.17, 15) is 20.0 Å². The van der Waals surface area contributed by atoms with Crippen LogP contribution in [0.25, 0.3) is 0 Å². The third-order valence-corrected chi connectivity index (χ3v) is 3.21. The highest BCUT2D eigenvalue weighted by Gasteiger charge is 2.13. The maximum Gasteiger partial charge on any atom is 0.271 e. The zero-order valence-corrected chi connectivity index (χ0v) is 12.5. The molecule has 2 N–H and O–H groups in total. The summed E-state index contributed by atoms with van der Waals surface area (Å²) in [6.07, 6.45) is 4.04. The van der Waals surface area contributed by atoms with Gasteiger partial charge in [0, 0.05) is 35.7 Å². The van der Waals surface area contributed by atoms with E-state index in [0.717, 1.165) is 12.3 Å². The topological polar surface area (TPSA) is 118 Å². The van der Waals surface area contributed by atoms with Crippen LogP contribution in [0, 0.1) is 10.1 Å². The first kappa shape index (κ1) is 15.6. The Morgan fingerprint density at radius 3 is 2.73 bits per heavy atom. The van der Waals surface area contributed by atoms with Gasteiger partial charge in [-0.2, -0.15) is 5.10 Å². The molecule has 112 valence electrons. The zero-order chi connectivity index (χ0) is 16.1. The second kappa shape index (κ2) is 6.76. The summed E-state index contributed by atoms with van der Waals surface area (Å²) >= 11 is 3.01. The Bertz CT molecular complexity index is 749. The van der Waals surface area contributed by atoms with Gasteiger partial charge >= 0.3 is 0 Å². The number of carbonyl (C=O) groups excluding carboxylic acids is 1. The highest BCUT2D eigenvalue weighted by atomic mass is 79.9. The average Bonchev–Trinajstić information content (AvgIpc) is 2.51. The molecule has 22 heavy (non-hydrogen) atoms. The molecule has 0 unspecified atom stereocenters. The molecule has 0 saturated carbocycles. The summed E-state index contributed by atoms with van der Waals surface area (Å²) in [7, 11) is 0. The van der Waals surface area contributed by atoms with Crippen molar-refractivity contribution in [3.8, 4) is 5.75 Å². The minimum atomic E-state index is -0.600. The number of benzene rings is 1. The van der Waals surface area contributed by atoms with E-state index in [4.69, 9.17) is 0 Å². The van der Waals surface area contributed by atoms with Crippen molar-refractivity contribution in [3.63, 3.8) is 0 Å². The van der Waals surface area contributed by atoms with E-state index in [-0.39, 0.29) is 21.5 Å². The van der Waals surface area contributed by atoms with Gasteiger partial charge in [0.15, 0.2) is 0 Å². The molecule has 1 aromatic heterocycles. The van der Waals surface area contributed by atoms with Crippen LogP contribution in [0.2, 0.25) is 0 Å². The number of halogens is 1. The molecule has 0 aliphatic carbocycles. The standard InChI is InChI=1S/C13H9BrN4O4/c14-11-6-10(18(21)22)5-9(12(11)19)7-16-17-13(20)8-1-3-15-4-2-8/h1-7,19H,(H,17,20). The number of phenolic OH excluding ortho intramolecular Hbond substituents is 1. The van der Waals surface area contributed by atoms with Gasteiger partial charge in [-0.1, -0.05) is 0 Å². The summed E-state index contributed by atoms with van der Waals surface area (Å²) in [5.74, 6) is -0.685. The van der Waals surface area contributed by atoms with E-state index >= 15 is 0 Å². The highest BCUT2D eigenvalue weighted by molar-refractivity contribution is 9.10. The molecule has 2 rings (SSSR count). The fourth-order valence-corrected chi connectivity index (χ4v) is 2.00. The smallest absolute Gasteiger partial charge is 0.271 e. The summed E-state index contributed by atoms with van der Waals surface area (Å²) in [6, 6.07) is 5.32. The average molecular weight is 365 g/mol. The van der Waals surface area contributed by atoms with E-state index < -0.39 is 10.8 Å². The van der Waals surface area contributed by atoms with E-state index in [1.165, 1.54) is 30.6 Å². The van der Waals surface area contributed by atoms with E-state index in [1.807, 2.05) is 0 Å². The predicted octanol–water partition coefficient (Wildman–Crippen LogP) is 2.22. The van der Waals surface area contributed by atoms with Crippen molar-refractivity contribution in [2.24, 2.45) is 5.10 Å². The number of hydrazone groups is 1. The summed E-state index contributed by atoms with van der Waals surface area (Å²) in [6.45, 7) is 0. The molecule has 1 aromatic carbocycles. The number of amides is 1. The van der Waals surface area contributed by atoms with Gasteiger partial charge < -0.3 is 5.11 Å². The van der Waals surface area contributed by atoms with Crippen molar-refractivity contribution in [1.82, 2.24) is 10.4 Å². The largest absolute Gasteiger partial charge is 0.506 e. The van der Waals surface area contributed by atoms with Gasteiger partial charge in [-0.15, -0.1) is 0 Å². The van der Waals surface area contributed by atoms with Gasteiger partial charge in [0.25, 0.3) is 11.6 Å². The Kier molecular flexibility index (Phi) is 4.79. The minimum Gasteiger partial charge on any atom is -0.506 e. The van der Waals surface area contributed by atoms with Gasteiger partial charge in [0.1, 0.15) is 5.75 Å². The number of carbonyl (C=O) groups is 1. The lowest BCUT2D eigenvalue weighted by molar-refractivity contribution is -0.385. The van der Waals surface area contributed by atoms with Gasteiger partial charge in [0.05, 0.1) is 15.6 Å². The van der Waals surface area contributed by atoms with Gasteiger partial charge in [-0.25, -0.2) is 5.43 Å². The SMILES string of the molecule is O=C(NN=Cc1cc([N+](=O)[O-])cc(Br)c1O)c1ccncc1. The Morgan fingerprint density at radius 2 is 2.09 bits per heavy atom. The second-order valence-electron chi connectivity index (χ2n) is 4.06. The van der Waals surface area contributed by atoms with Crippen molar-refractivity contribution in [2.45, 2.75) is 0 Å². The number of nitrogens with zero attached hydrogens (tertiary/aromatic N) is 3. The van der Waals surface area contributed by atoms with Gasteiger partial charge in [-0.05, 0) is 28.1 Å². The molecule has 2 aromatic rings. The molecule has 0 saturated heterocycles. The molecule has 8 nitrogen and oxygen atoms in total. The zero-order valence-electron chi connectivity index (χ0n) is 10.9. The Hall–Kier alpha value is -2.81. The van der Waals surface area contributed by atoms with Crippen LogP contribution in [0.4, 0.5) is 5.69 Å². The summed E-state index contributed by atoms with van der Waals surface area (Å²) in [4.78, 5) is 25.7. The summed E-state index contributed by atoms with van der Waals surface area (Å²) in [5.41, 5.74) is 2.48. The summed E-state index contributed by atoms with van der Waals surface area (Å²) < 4.78 is 0.156. The first-order valence-corrected chi connectivity index (χ1v) is 6.68. The quantitative estimate of drug-likeness (QED) is 0.489. The number of phenols is 1.